The number of ether oxygens (including phenoxy) is 2. The van der Waals surface area contributed by atoms with Crippen molar-refractivity contribution in [2.24, 2.45) is 5.10 Å². The van der Waals surface area contributed by atoms with E-state index in [0.29, 0.717) is 11.5 Å². The van der Waals surface area contributed by atoms with Gasteiger partial charge in [0.2, 0.25) is 0 Å². The SMILES string of the molecule is COc1ccccc1OCC(=O)N/N=C\c1cc(C)n(-c2ccccc2)c1C. The number of amides is 1. The summed E-state index contributed by atoms with van der Waals surface area (Å²) in [5, 5.41) is 4.06. The number of benzene rings is 2. The molecule has 0 bridgehead atoms. The summed E-state index contributed by atoms with van der Waals surface area (Å²) in [5.74, 6) is 0.738. The molecule has 0 aliphatic carbocycles. The molecule has 2 aromatic carbocycles. The molecule has 0 unspecified atom stereocenters. The van der Waals surface area contributed by atoms with Gasteiger partial charge in [0.05, 0.1) is 13.3 Å². The van der Waals surface area contributed by atoms with Crippen molar-refractivity contribution in [2.75, 3.05) is 13.7 Å². The largest absolute Gasteiger partial charge is 0.493 e. The van der Waals surface area contributed by atoms with Crippen molar-refractivity contribution in [3.63, 3.8) is 0 Å². The monoisotopic (exact) mass is 377 g/mol. The van der Waals surface area contributed by atoms with Crippen molar-refractivity contribution < 1.29 is 14.3 Å². The van der Waals surface area contributed by atoms with Gasteiger partial charge in [0, 0.05) is 22.6 Å². The van der Waals surface area contributed by atoms with Gasteiger partial charge in [-0.3, -0.25) is 4.79 Å². The molecule has 0 fully saturated rings. The molecule has 1 amide bonds. The highest BCUT2D eigenvalue weighted by atomic mass is 16.5. The van der Waals surface area contributed by atoms with E-state index >= 15 is 0 Å². The maximum Gasteiger partial charge on any atom is 0.277 e. The van der Waals surface area contributed by atoms with Crippen LogP contribution in [0.5, 0.6) is 11.5 Å². The van der Waals surface area contributed by atoms with Crippen LogP contribution in [0.15, 0.2) is 65.8 Å². The Hall–Kier alpha value is -3.54. The third kappa shape index (κ3) is 4.40. The van der Waals surface area contributed by atoms with Crippen LogP contribution < -0.4 is 14.9 Å². The summed E-state index contributed by atoms with van der Waals surface area (Å²) in [5.41, 5.74) is 6.66. The highest BCUT2D eigenvalue weighted by Crippen LogP contribution is 2.25. The molecule has 6 heteroatoms. The lowest BCUT2D eigenvalue weighted by Gasteiger charge is -2.09. The number of carbonyl (C=O) groups excluding carboxylic acids is 1. The molecule has 1 heterocycles. The fourth-order valence-corrected chi connectivity index (χ4v) is 2.98. The van der Waals surface area contributed by atoms with E-state index in [1.165, 1.54) is 0 Å². The summed E-state index contributed by atoms with van der Waals surface area (Å²) >= 11 is 0. The first-order chi connectivity index (χ1) is 13.6. The van der Waals surface area contributed by atoms with Gasteiger partial charge in [0.15, 0.2) is 18.1 Å². The number of hydrogen-bond acceptors (Lipinski definition) is 4. The third-order valence-corrected chi connectivity index (χ3v) is 4.31. The van der Waals surface area contributed by atoms with E-state index in [1.54, 1.807) is 25.5 Å². The minimum absolute atomic E-state index is 0.152. The average molecular weight is 377 g/mol. The van der Waals surface area contributed by atoms with E-state index in [2.05, 4.69) is 27.2 Å². The van der Waals surface area contributed by atoms with Gasteiger partial charge in [0.25, 0.3) is 5.91 Å². The Morgan fingerprint density at radius 1 is 1.07 bits per heavy atom. The smallest absolute Gasteiger partial charge is 0.277 e. The maximum absolute atomic E-state index is 12.0. The number of aromatic nitrogens is 1. The molecule has 0 saturated heterocycles. The van der Waals surface area contributed by atoms with Gasteiger partial charge < -0.3 is 14.0 Å². The first-order valence-corrected chi connectivity index (χ1v) is 8.92. The van der Waals surface area contributed by atoms with Crippen LogP contribution in [0.2, 0.25) is 0 Å². The Kier molecular flexibility index (Phi) is 6.11. The molecule has 1 aromatic heterocycles. The molecule has 3 aromatic rings. The molecule has 0 atom stereocenters. The van der Waals surface area contributed by atoms with Crippen molar-refractivity contribution in [1.82, 2.24) is 9.99 Å². The number of methoxy groups -OCH3 is 1. The normalized spacial score (nSPS) is 10.8. The second kappa shape index (κ2) is 8.90. The zero-order valence-electron chi connectivity index (χ0n) is 16.2. The van der Waals surface area contributed by atoms with Crippen molar-refractivity contribution in [3.8, 4) is 17.2 Å². The number of hydrogen-bond donors (Lipinski definition) is 1. The fraction of sp³-hybridized carbons (Fsp3) is 0.182. The van der Waals surface area contributed by atoms with Gasteiger partial charge >= 0.3 is 0 Å². The van der Waals surface area contributed by atoms with E-state index in [4.69, 9.17) is 9.47 Å². The number of para-hydroxylation sites is 3. The summed E-state index contributed by atoms with van der Waals surface area (Å²) in [4.78, 5) is 12.0. The molecule has 0 aliphatic rings. The molecule has 6 nitrogen and oxygen atoms in total. The predicted molar refractivity (Wildman–Crippen MR) is 109 cm³/mol. The van der Waals surface area contributed by atoms with Gasteiger partial charge in [0.1, 0.15) is 0 Å². The summed E-state index contributed by atoms with van der Waals surface area (Å²) < 4.78 is 12.8. The van der Waals surface area contributed by atoms with Gasteiger partial charge in [-0.2, -0.15) is 5.10 Å². The van der Waals surface area contributed by atoms with Gasteiger partial charge in [-0.15, -0.1) is 0 Å². The van der Waals surface area contributed by atoms with Crippen LogP contribution in [0, 0.1) is 13.8 Å². The second-order valence-corrected chi connectivity index (χ2v) is 6.23. The van der Waals surface area contributed by atoms with Gasteiger partial charge in [-0.1, -0.05) is 30.3 Å². The van der Waals surface area contributed by atoms with E-state index < -0.39 is 0 Å². The first-order valence-electron chi connectivity index (χ1n) is 8.92. The van der Waals surface area contributed by atoms with Crippen LogP contribution in [0.1, 0.15) is 17.0 Å². The molecule has 3 rings (SSSR count). The molecular formula is C22H23N3O3. The Morgan fingerprint density at radius 2 is 1.75 bits per heavy atom. The number of nitrogens with one attached hydrogen (secondary N) is 1. The van der Waals surface area contributed by atoms with Crippen LogP contribution in [-0.2, 0) is 4.79 Å². The highest BCUT2D eigenvalue weighted by Gasteiger charge is 2.09. The van der Waals surface area contributed by atoms with Gasteiger partial charge in [-0.05, 0) is 44.2 Å². The van der Waals surface area contributed by atoms with Crippen molar-refractivity contribution in [2.45, 2.75) is 13.8 Å². The Morgan fingerprint density at radius 3 is 2.46 bits per heavy atom. The summed E-state index contributed by atoms with van der Waals surface area (Å²) in [7, 11) is 1.55. The zero-order chi connectivity index (χ0) is 19.9. The zero-order valence-corrected chi connectivity index (χ0v) is 16.2. The number of aryl methyl sites for hydroxylation is 1. The quantitative estimate of drug-likeness (QED) is 0.505. The Labute approximate surface area is 164 Å². The standard InChI is InChI=1S/C22H23N3O3/c1-16-13-18(17(2)25(16)19-9-5-4-6-10-19)14-23-24-22(26)15-28-21-12-8-7-11-20(21)27-3/h4-14H,15H2,1-3H3,(H,24,26)/b23-14-. The van der Waals surface area contributed by atoms with Gasteiger partial charge in [-0.25, -0.2) is 5.43 Å². The summed E-state index contributed by atoms with van der Waals surface area (Å²) in [6.45, 7) is 3.91. The van der Waals surface area contributed by atoms with Crippen LogP contribution in [-0.4, -0.2) is 30.4 Å². The van der Waals surface area contributed by atoms with Crippen LogP contribution in [0.4, 0.5) is 0 Å². The molecular weight excluding hydrogens is 354 g/mol. The lowest BCUT2D eigenvalue weighted by molar-refractivity contribution is -0.123. The van der Waals surface area contributed by atoms with E-state index in [1.807, 2.05) is 50.2 Å². The maximum atomic E-state index is 12.0. The molecule has 0 aliphatic heterocycles. The van der Waals surface area contributed by atoms with Crippen LogP contribution >= 0.6 is 0 Å². The number of nitrogens with zero attached hydrogens (tertiary/aromatic N) is 2. The average Bonchev–Trinajstić information content (AvgIpc) is 3.00. The summed E-state index contributed by atoms with van der Waals surface area (Å²) in [6, 6.07) is 19.3. The molecule has 1 N–H and O–H groups in total. The van der Waals surface area contributed by atoms with Crippen molar-refractivity contribution >= 4 is 12.1 Å². The molecule has 0 saturated carbocycles. The minimum Gasteiger partial charge on any atom is -0.493 e. The topological polar surface area (TPSA) is 64.8 Å². The van der Waals surface area contributed by atoms with Crippen molar-refractivity contribution in [1.29, 1.82) is 0 Å². The second-order valence-electron chi connectivity index (χ2n) is 6.23. The Bertz CT molecular complexity index is 978. The minimum atomic E-state index is -0.348. The molecule has 28 heavy (non-hydrogen) atoms. The van der Waals surface area contributed by atoms with Crippen LogP contribution in [0.25, 0.3) is 5.69 Å². The lowest BCUT2D eigenvalue weighted by Crippen LogP contribution is -2.24. The lowest BCUT2D eigenvalue weighted by atomic mass is 10.2. The summed E-state index contributed by atoms with van der Waals surface area (Å²) in [6.07, 6.45) is 1.64. The molecule has 144 valence electrons. The molecule has 0 spiro atoms. The first kappa shape index (κ1) is 19.2. The van der Waals surface area contributed by atoms with Crippen LogP contribution in [0.3, 0.4) is 0 Å². The van der Waals surface area contributed by atoms with E-state index in [0.717, 1.165) is 22.6 Å². The van der Waals surface area contributed by atoms with Crippen molar-refractivity contribution in [3.05, 3.63) is 77.6 Å². The van der Waals surface area contributed by atoms with E-state index in [-0.39, 0.29) is 12.5 Å². The number of carbonyl (C=O) groups is 1. The highest BCUT2D eigenvalue weighted by molar-refractivity contribution is 5.84. The number of rotatable bonds is 7. The molecule has 0 radical (unpaired) electrons. The third-order valence-electron chi connectivity index (χ3n) is 4.31. The number of hydrazone groups is 1. The fourth-order valence-electron chi connectivity index (χ4n) is 2.98. The predicted octanol–water partition coefficient (Wildman–Crippen LogP) is 3.63. The van der Waals surface area contributed by atoms with E-state index in [9.17, 15) is 4.79 Å². The Balaban J connectivity index is 1.61.